The van der Waals surface area contributed by atoms with Crippen molar-refractivity contribution in [2.45, 2.75) is 0 Å². The van der Waals surface area contributed by atoms with Gasteiger partial charge in [-0.1, -0.05) is 51.8 Å². The third-order valence-electron chi connectivity index (χ3n) is 5.51. The van der Waals surface area contributed by atoms with Crippen molar-refractivity contribution < 1.29 is 0 Å². The van der Waals surface area contributed by atoms with Crippen molar-refractivity contribution in [1.29, 1.82) is 0 Å². The van der Waals surface area contributed by atoms with Crippen molar-refractivity contribution >= 4 is 77.7 Å². The van der Waals surface area contributed by atoms with Gasteiger partial charge in [-0.25, -0.2) is 14.5 Å². The summed E-state index contributed by atoms with van der Waals surface area (Å²) in [6.45, 7) is 0. The quantitative estimate of drug-likeness (QED) is 0.209. The van der Waals surface area contributed by atoms with Gasteiger partial charge in [0.05, 0.1) is 27.2 Å². The predicted octanol–water partition coefficient (Wildman–Crippen LogP) is 7.67. The number of benzene rings is 3. The molecule has 3 aromatic carbocycles. The Hall–Kier alpha value is -3.86. The number of nitrogens with two attached hydrogens (primary N) is 2. The van der Waals surface area contributed by atoms with Crippen LogP contribution in [0.25, 0.3) is 37.7 Å². The molecular weight excluding hydrogens is 560 g/mol. The second-order valence-corrected chi connectivity index (χ2v) is 10.2. The van der Waals surface area contributed by atoms with Crippen LogP contribution in [0.3, 0.4) is 0 Å². The van der Waals surface area contributed by atoms with E-state index in [4.69, 9.17) is 28.1 Å². The molecule has 8 nitrogen and oxygen atoms in total. The van der Waals surface area contributed by atoms with Gasteiger partial charge in [0.2, 0.25) is 0 Å². The summed E-state index contributed by atoms with van der Waals surface area (Å²) >= 11 is 11.1. The topological polar surface area (TPSA) is 120 Å². The number of azo groups is 1. The predicted molar refractivity (Wildman–Crippen MR) is 149 cm³/mol. The van der Waals surface area contributed by atoms with Crippen LogP contribution in [0.1, 0.15) is 0 Å². The Bertz CT molecular complexity index is 1740. The van der Waals surface area contributed by atoms with E-state index in [0.29, 0.717) is 33.3 Å². The molecule has 4 N–H and O–H groups in total. The van der Waals surface area contributed by atoms with Crippen LogP contribution < -0.4 is 11.5 Å². The molecule has 0 saturated heterocycles. The zero-order valence-electron chi connectivity index (χ0n) is 18.4. The van der Waals surface area contributed by atoms with Crippen LogP contribution in [0.4, 0.5) is 23.0 Å². The average Bonchev–Trinajstić information content (AvgIpc) is 3.43. The molecule has 0 aliphatic carbocycles. The summed E-state index contributed by atoms with van der Waals surface area (Å²) < 4.78 is 3.63. The van der Waals surface area contributed by atoms with Crippen LogP contribution in [-0.2, 0) is 0 Å². The highest BCUT2D eigenvalue weighted by Gasteiger charge is 2.24. The third-order valence-corrected chi connectivity index (χ3v) is 7.35. The molecule has 6 rings (SSSR count). The largest absolute Gasteiger partial charge is 0.383 e. The highest BCUT2D eigenvalue weighted by Crippen LogP contribution is 2.42. The van der Waals surface area contributed by atoms with Crippen molar-refractivity contribution in [2.24, 2.45) is 10.2 Å². The standard InChI is InChI=1S/C25H16BrClN8S/c26-14-7-11-16(12-8-14)32-33-20-23(29)34-35-21(13-5-9-15(27)10-6-13)19(22(28)31-24(20)35)25-30-17-3-1-2-4-18(17)36-25/h1-12H,(H2,28,31)(H2,29,34). The van der Waals surface area contributed by atoms with Crippen LogP contribution in [-0.4, -0.2) is 19.6 Å². The van der Waals surface area contributed by atoms with E-state index < -0.39 is 0 Å². The van der Waals surface area contributed by atoms with E-state index in [-0.39, 0.29) is 11.6 Å². The first-order valence-corrected chi connectivity index (χ1v) is 12.7. The normalized spacial score (nSPS) is 11.7. The number of hydrogen-bond acceptors (Lipinski definition) is 8. The van der Waals surface area contributed by atoms with Gasteiger partial charge in [-0.3, -0.25) is 0 Å². The van der Waals surface area contributed by atoms with Crippen molar-refractivity contribution in [1.82, 2.24) is 19.6 Å². The van der Waals surface area contributed by atoms with E-state index >= 15 is 0 Å². The van der Waals surface area contributed by atoms with Gasteiger partial charge in [-0.15, -0.1) is 21.5 Å². The minimum Gasteiger partial charge on any atom is -0.383 e. The first-order chi connectivity index (χ1) is 17.5. The lowest BCUT2D eigenvalue weighted by Gasteiger charge is -2.12. The van der Waals surface area contributed by atoms with Gasteiger partial charge in [-0.05, 0) is 48.5 Å². The highest BCUT2D eigenvalue weighted by atomic mass is 79.9. The van der Waals surface area contributed by atoms with Gasteiger partial charge in [0.25, 0.3) is 0 Å². The summed E-state index contributed by atoms with van der Waals surface area (Å²) in [5, 5.41) is 14.6. The Morgan fingerprint density at radius 2 is 1.61 bits per heavy atom. The second kappa shape index (κ2) is 8.98. The highest BCUT2D eigenvalue weighted by molar-refractivity contribution is 9.10. The molecule has 36 heavy (non-hydrogen) atoms. The number of nitrogen functional groups attached to an aromatic ring is 2. The van der Waals surface area contributed by atoms with Crippen LogP contribution in [0.15, 0.2) is 87.5 Å². The molecule has 0 aliphatic rings. The zero-order valence-corrected chi connectivity index (χ0v) is 21.6. The summed E-state index contributed by atoms with van der Waals surface area (Å²) in [5.74, 6) is 0.464. The van der Waals surface area contributed by atoms with Crippen molar-refractivity contribution in [3.05, 3.63) is 82.3 Å². The van der Waals surface area contributed by atoms with Crippen LogP contribution in [0, 0.1) is 0 Å². The number of thiazole rings is 1. The fourth-order valence-electron chi connectivity index (χ4n) is 3.85. The maximum absolute atomic E-state index is 6.58. The molecule has 0 bridgehead atoms. The number of para-hydroxylation sites is 1. The van der Waals surface area contributed by atoms with Gasteiger partial charge >= 0.3 is 0 Å². The van der Waals surface area contributed by atoms with Crippen molar-refractivity contribution in [2.75, 3.05) is 11.5 Å². The van der Waals surface area contributed by atoms with E-state index in [2.05, 4.69) is 36.2 Å². The number of anilines is 2. The maximum Gasteiger partial charge on any atom is 0.187 e. The first-order valence-electron chi connectivity index (χ1n) is 10.7. The van der Waals surface area contributed by atoms with E-state index in [1.165, 1.54) is 11.3 Å². The molecule has 6 aromatic rings. The molecule has 0 unspecified atom stereocenters. The number of rotatable bonds is 4. The lowest BCUT2D eigenvalue weighted by Crippen LogP contribution is -2.05. The number of nitrogens with zero attached hydrogens (tertiary/aromatic N) is 6. The molecular formula is C25H16BrClN8S. The number of fused-ring (bicyclic) bond motifs is 2. The molecule has 0 saturated carbocycles. The summed E-state index contributed by atoms with van der Waals surface area (Å²) in [6.07, 6.45) is 0. The molecule has 11 heteroatoms. The number of aromatic nitrogens is 4. The van der Waals surface area contributed by atoms with E-state index in [1.807, 2.05) is 72.8 Å². The monoisotopic (exact) mass is 574 g/mol. The van der Waals surface area contributed by atoms with Gasteiger partial charge < -0.3 is 11.5 Å². The van der Waals surface area contributed by atoms with Gasteiger partial charge in [0, 0.05) is 15.1 Å². The molecule has 3 heterocycles. The van der Waals surface area contributed by atoms with Crippen molar-refractivity contribution in [3.63, 3.8) is 0 Å². The Balaban J connectivity index is 1.61. The SMILES string of the molecule is Nc1nc2c(N=Nc3ccc(Br)cc3)c(N)nn2c(-c2ccc(Cl)cc2)c1-c1nc2ccccc2s1. The fraction of sp³-hybridized carbons (Fsp3) is 0. The fourth-order valence-corrected chi connectivity index (χ4v) is 5.26. The Morgan fingerprint density at radius 1 is 0.861 bits per heavy atom. The molecule has 0 fully saturated rings. The summed E-state index contributed by atoms with van der Waals surface area (Å²) in [5.41, 5.74) is 17.3. The third kappa shape index (κ3) is 3.98. The van der Waals surface area contributed by atoms with Crippen LogP contribution >= 0.6 is 38.9 Å². The van der Waals surface area contributed by atoms with Gasteiger partial charge in [0.1, 0.15) is 10.8 Å². The molecule has 0 aliphatic heterocycles. The minimum absolute atomic E-state index is 0.180. The minimum atomic E-state index is 0.180. The maximum atomic E-state index is 6.58. The summed E-state index contributed by atoms with van der Waals surface area (Å²) in [4.78, 5) is 9.47. The Labute approximate surface area is 222 Å². The van der Waals surface area contributed by atoms with Crippen molar-refractivity contribution in [3.8, 4) is 21.8 Å². The Kier molecular flexibility index (Phi) is 5.63. The van der Waals surface area contributed by atoms with E-state index in [1.54, 1.807) is 4.52 Å². The molecule has 0 amide bonds. The van der Waals surface area contributed by atoms with E-state index in [0.717, 1.165) is 25.3 Å². The Morgan fingerprint density at radius 3 is 2.36 bits per heavy atom. The first kappa shape index (κ1) is 22.6. The molecule has 0 radical (unpaired) electrons. The van der Waals surface area contributed by atoms with E-state index in [9.17, 15) is 0 Å². The molecule has 0 atom stereocenters. The smallest absolute Gasteiger partial charge is 0.187 e. The lowest BCUT2D eigenvalue weighted by atomic mass is 10.1. The number of halogens is 2. The second-order valence-electron chi connectivity index (χ2n) is 7.86. The summed E-state index contributed by atoms with van der Waals surface area (Å²) in [7, 11) is 0. The van der Waals surface area contributed by atoms with Gasteiger partial charge in [0.15, 0.2) is 17.2 Å². The van der Waals surface area contributed by atoms with Crippen LogP contribution in [0.2, 0.25) is 5.02 Å². The molecule has 176 valence electrons. The number of hydrogen-bond donors (Lipinski definition) is 2. The van der Waals surface area contributed by atoms with Crippen LogP contribution in [0.5, 0.6) is 0 Å². The van der Waals surface area contributed by atoms with Gasteiger partial charge in [-0.2, -0.15) is 5.11 Å². The zero-order chi connectivity index (χ0) is 24.8. The molecule has 0 spiro atoms. The lowest BCUT2D eigenvalue weighted by molar-refractivity contribution is 0.957. The average molecular weight is 576 g/mol. The molecule has 3 aromatic heterocycles. The summed E-state index contributed by atoms with van der Waals surface area (Å²) in [6, 6.07) is 22.8.